The van der Waals surface area contributed by atoms with Crippen molar-refractivity contribution in [2.45, 2.75) is 25.8 Å². The van der Waals surface area contributed by atoms with E-state index in [1.807, 2.05) is 6.08 Å². The highest BCUT2D eigenvalue weighted by atomic mass is 35.5. The predicted octanol–water partition coefficient (Wildman–Crippen LogP) is 2.68. The van der Waals surface area contributed by atoms with Crippen LogP contribution in [0.2, 0.25) is 0 Å². The standard InChI is InChI=1S/C9H16ClN/c1-4-5-6-9(3)11-7-8(2)10/h4,9,11H,1-2,5-7H2,3H3. The molecule has 64 valence electrons. The topological polar surface area (TPSA) is 12.0 Å². The first-order valence-electron chi connectivity index (χ1n) is 3.84. The molecule has 0 aromatic carbocycles. The molecule has 0 aliphatic carbocycles. The molecule has 2 heteroatoms. The molecule has 0 saturated heterocycles. The van der Waals surface area contributed by atoms with Gasteiger partial charge < -0.3 is 5.32 Å². The van der Waals surface area contributed by atoms with Crippen LogP contribution in [0.3, 0.4) is 0 Å². The summed E-state index contributed by atoms with van der Waals surface area (Å²) >= 11 is 5.58. The Morgan fingerprint density at radius 2 is 2.36 bits per heavy atom. The third-order valence-electron chi connectivity index (χ3n) is 1.45. The van der Waals surface area contributed by atoms with E-state index in [2.05, 4.69) is 25.4 Å². The largest absolute Gasteiger partial charge is 0.309 e. The predicted molar refractivity (Wildman–Crippen MR) is 51.9 cm³/mol. The van der Waals surface area contributed by atoms with Crippen LogP contribution in [0.25, 0.3) is 0 Å². The van der Waals surface area contributed by atoms with Gasteiger partial charge in [0.2, 0.25) is 0 Å². The van der Waals surface area contributed by atoms with Gasteiger partial charge >= 0.3 is 0 Å². The van der Waals surface area contributed by atoms with Crippen molar-refractivity contribution >= 4 is 11.6 Å². The molecular weight excluding hydrogens is 158 g/mol. The molecule has 1 atom stereocenters. The fourth-order valence-electron chi connectivity index (χ4n) is 0.755. The summed E-state index contributed by atoms with van der Waals surface area (Å²) < 4.78 is 0. The zero-order valence-corrected chi connectivity index (χ0v) is 7.82. The number of nitrogens with one attached hydrogen (secondary N) is 1. The fraction of sp³-hybridized carbons (Fsp3) is 0.556. The van der Waals surface area contributed by atoms with E-state index in [1.54, 1.807) is 0 Å². The summed E-state index contributed by atoms with van der Waals surface area (Å²) in [5, 5.41) is 3.90. The number of allylic oxidation sites excluding steroid dienone is 1. The first-order chi connectivity index (χ1) is 5.16. The van der Waals surface area contributed by atoms with Crippen molar-refractivity contribution in [1.82, 2.24) is 5.32 Å². The van der Waals surface area contributed by atoms with Gasteiger partial charge in [0.1, 0.15) is 0 Å². The van der Waals surface area contributed by atoms with E-state index in [-0.39, 0.29) is 0 Å². The van der Waals surface area contributed by atoms with Crippen molar-refractivity contribution < 1.29 is 0 Å². The lowest BCUT2D eigenvalue weighted by atomic mass is 10.2. The quantitative estimate of drug-likeness (QED) is 0.609. The Hall–Kier alpha value is -0.270. The van der Waals surface area contributed by atoms with Gasteiger partial charge in [0.25, 0.3) is 0 Å². The summed E-state index contributed by atoms with van der Waals surface area (Å²) in [6.45, 7) is 10.1. The molecule has 1 nitrogen and oxygen atoms in total. The molecule has 0 radical (unpaired) electrons. The van der Waals surface area contributed by atoms with Gasteiger partial charge in [-0.2, -0.15) is 0 Å². The van der Waals surface area contributed by atoms with Crippen LogP contribution in [0, 0.1) is 0 Å². The fourth-order valence-corrected chi connectivity index (χ4v) is 0.832. The summed E-state index contributed by atoms with van der Waals surface area (Å²) in [5.41, 5.74) is 0. The Bertz CT molecular complexity index is 132. The molecule has 0 aliphatic heterocycles. The molecule has 0 spiro atoms. The zero-order chi connectivity index (χ0) is 8.69. The molecule has 1 N–H and O–H groups in total. The third-order valence-corrected chi connectivity index (χ3v) is 1.58. The lowest BCUT2D eigenvalue weighted by molar-refractivity contribution is 0.546. The maximum atomic E-state index is 5.58. The molecule has 0 aliphatic rings. The Balaban J connectivity index is 3.28. The number of hydrogen-bond acceptors (Lipinski definition) is 1. The van der Waals surface area contributed by atoms with Gasteiger partial charge in [-0.15, -0.1) is 6.58 Å². The van der Waals surface area contributed by atoms with E-state index in [9.17, 15) is 0 Å². The van der Waals surface area contributed by atoms with Gasteiger partial charge in [-0.05, 0) is 19.8 Å². The first kappa shape index (κ1) is 10.7. The highest BCUT2D eigenvalue weighted by Crippen LogP contribution is 1.99. The minimum atomic E-state index is 0.489. The minimum Gasteiger partial charge on any atom is -0.309 e. The van der Waals surface area contributed by atoms with Crippen molar-refractivity contribution in [3.05, 3.63) is 24.3 Å². The molecule has 0 rings (SSSR count). The van der Waals surface area contributed by atoms with E-state index in [4.69, 9.17) is 11.6 Å². The average Bonchev–Trinajstić information content (AvgIpc) is 1.97. The zero-order valence-electron chi connectivity index (χ0n) is 7.07. The smallest absolute Gasteiger partial charge is 0.0309 e. The maximum Gasteiger partial charge on any atom is 0.0309 e. The van der Waals surface area contributed by atoms with Crippen LogP contribution in [0.1, 0.15) is 19.8 Å². The monoisotopic (exact) mass is 173 g/mol. The normalized spacial score (nSPS) is 12.5. The highest BCUT2D eigenvalue weighted by molar-refractivity contribution is 6.29. The highest BCUT2D eigenvalue weighted by Gasteiger charge is 1.98. The average molecular weight is 174 g/mol. The Morgan fingerprint density at radius 3 is 2.82 bits per heavy atom. The van der Waals surface area contributed by atoms with Crippen LogP contribution in [0.5, 0.6) is 0 Å². The summed E-state index contributed by atoms with van der Waals surface area (Å²) in [6.07, 6.45) is 4.07. The molecule has 0 bridgehead atoms. The van der Waals surface area contributed by atoms with Crippen molar-refractivity contribution in [3.8, 4) is 0 Å². The molecule has 11 heavy (non-hydrogen) atoms. The first-order valence-corrected chi connectivity index (χ1v) is 4.22. The van der Waals surface area contributed by atoms with Crippen LogP contribution >= 0.6 is 11.6 Å². The second-order valence-corrected chi connectivity index (χ2v) is 3.20. The van der Waals surface area contributed by atoms with Gasteiger partial charge in [-0.25, -0.2) is 0 Å². The Morgan fingerprint density at radius 1 is 1.73 bits per heavy atom. The molecule has 0 heterocycles. The van der Waals surface area contributed by atoms with Gasteiger partial charge in [-0.1, -0.05) is 24.3 Å². The van der Waals surface area contributed by atoms with Gasteiger partial charge in [0.05, 0.1) is 0 Å². The lowest BCUT2D eigenvalue weighted by Gasteiger charge is -2.11. The number of hydrogen-bond donors (Lipinski definition) is 1. The van der Waals surface area contributed by atoms with E-state index in [1.165, 1.54) is 0 Å². The lowest BCUT2D eigenvalue weighted by Crippen LogP contribution is -2.26. The molecule has 0 aromatic heterocycles. The van der Waals surface area contributed by atoms with Gasteiger partial charge in [0, 0.05) is 17.6 Å². The molecule has 0 fully saturated rings. The molecular formula is C9H16ClN. The van der Waals surface area contributed by atoms with Crippen LogP contribution in [-0.4, -0.2) is 12.6 Å². The van der Waals surface area contributed by atoms with E-state index < -0.39 is 0 Å². The van der Waals surface area contributed by atoms with Crippen molar-refractivity contribution in [2.24, 2.45) is 0 Å². The van der Waals surface area contributed by atoms with Crippen LogP contribution in [0.15, 0.2) is 24.3 Å². The van der Waals surface area contributed by atoms with E-state index in [0.717, 1.165) is 12.8 Å². The van der Waals surface area contributed by atoms with Gasteiger partial charge in [-0.3, -0.25) is 0 Å². The van der Waals surface area contributed by atoms with Crippen molar-refractivity contribution in [3.63, 3.8) is 0 Å². The summed E-state index contributed by atoms with van der Waals surface area (Å²) in [5.74, 6) is 0. The number of halogens is 1. The van der Waals surface area contributed by atoms with Crippen LogP contribution < -0.4 is 5.32 Å². The van der Waals surface area contributed by atoms with Gasteiger partial charge in [0.15, 0.2) is 0 Å². The molecule has 0 amide bonds. The van der Waals surface area contributed by atoms with Crippen molar-refractivity contribution in [1.29, 1.82) is 0 Å². The second-order valence-electron chi connectivity index (χ2n) is 2.67. The Labute approximate surface area is 74.1 Å². The number of rotatable bonds is 6. The molecule has 0 saturated carbocycles. The molecule has 0 aromatic rings. The maximum absolute atomic E-state index is 5.58. The summed E-state index contributed by atoms with van der Waals surface area (Å²) in [4.78, 5) is 0. The SMILES string of the molecule is C=CCCC(C)NCC(=C)Cl. The molecule has 1 unspecified atom stereocenters. The summed E-state index contributed by atoms with van der Waals surface area (Å²) in [6, 6.07) is 0.489. The van der Waals surface area contributed by atoms with Crippen molar-refractivity contribution in [2.75, 3.05) is 6.54 Å². The summed E-state index contributed by atoms with van der Waals surface area (Å²) in [7, 11) is 0. The second kappa shape index (κ2) is 6.44. The van der Waals surface area contributed by atoms with Crippen LogP contribution in [0.4, 0.5) is 0 Å². The van der Waals surface area contributed by atoms with E-state index in [0.29, 0.717) is 17.6 Å². The van der Waals surface area contributed by atoms with E-state index >= 15 is 0 Å². The Kier molecular flexibility index (Phi) is 6.28. The minimum absolute atomic E-state index is 0.489. The third kappa shape index (κ3) is 7.63. The van der Waals surface area contributed by atoms with Crippen LogP contribution in [-0.2, 0) is 0 Å².